The Balaban J connectivity index is 1.77. The maximum absolute atomic E-state index is 10.0. The van der Waals surface area contributed by atoms with Crippen LogP contribution in [-0.2, 0) is 0 Å². The third-order valence-corrected chi connectivity index (χ3v) is 5.23. The van der Waals surface area contributed by atoms with E-state index in [1.165, 1.54) is 5.57 Å². The van der Waals surface area contributed by atoms with Gasteiger partial charge in [-0.1, -0.05) is 11.6 Å². The first-order chi connectivity index (χ1) is 12.4. The number of aromatic amines is 1. The van der Waals surface area contributed by atoms with Gasteiger partial charge in [-0.15, -0.1) is 0 Å². The molecule has 1 atom stereocenters. The Kier molecular flexibility index (Phi) is 3.83. The van der Waals surface area contributed by atoms with Crippen LogP contribution in [0.2, 0.25) is 0 Å². The fourth-order valence-corrected chi connectivity index (χ4v) is 3.70. The van der Waals surface area contributed by atoms with Gasteiger partial charge in [-0.05, 0) is 76.5 Å². The number of fused-ring (bicyclic) bond motifs is 5. The van der Waals surface area contributed by atoms with Crippen LogP contribution < -0.4 is 4.74 Å². The number of ether oxygens (including phenoxy) is 1. The number of rotatable bonds is 3. The predicted molar refractivity (Wildman–Crippen MR) is 109 cm³/mol. The first kappa shape index (κ1) is 16.8. The lowest BCUT2D eigenvalue weighted by Crippen LogP contribution is -2.31. The van der Waals surface area contributed by atoms with Crippen LogP contribution in [0.5, 0.6) is 11.5 Å². The van der Waals surface area contributed by atoms with Crippen molar-refractivity contribution < 1.29 is 9.84 Å². The summed E-state index contributed by atoms with van der Waals surface area (Å²) in [6, 6.07) is 8.01. The Morgan fingerprint density at radius 2 is 2.04 bits per heavy atom. The van der Waals surface area contributed by atoms with Gasteiger partial charge in [0, 0.05) is 22.4 Å². The van der Waals surface area contributed by atoms with Crippen molar-refractivity contribution in [3.05, 3.63) is 53.1 Å². The number of hydrogen-bond acceptors (Lipinski definition) is 2. The summed E-state index contributed by atoms with van der Waals surface area (Å²) in [5.41, 5.74) is 5.03. The number of allylic oxidation sites excluding steroid dienone is 2. The largest absolute Gasteiger partial charge is 0.508 e. The lowest BCUT2D eigenvalue weighted by Gasteiger charge is -2.31. The second kappa shape index (κ2) is 5.94. The number of benzene rings is 2. The van der Waals surface area contributed by atoms with Crippen molar-refractivity contribution in [3.8, 4) is 11.5 Å². The minimum absolute atomic E-state index is 0.284. The van der Waals surface area contributed by atoms with E-state index < -0.39 is 0 Å². The molecule has 0 radical (unpaired) electrons. The zero-order chi connectivity index (χ0) is 18.5. The monoisotopic (exact) mass is 347 g/mol. The van der Waals surface area contributed by atoms with Crippen LogP contribution in [0.15, 0.2) is 42.0 Å². The fraction of sp³-hybridized carbons (Fsp3) is 0.304. The van der Waals surface area contributed by atoms with E-state index in [4.69, 9.17) is 4.74 Å². The van der Waals surface area contributed by atoms with Crippen molar-refractivity contribution in [1.29, 1.82) is 0 Å². The van der Waals surface area contributed by atoms with E-state index in [1.54, 1.807) is 6.07 Å². The summed E-state index contributed by atoms with van der Waals surface area (Å²) in [5.74, 6) is 1.23. The molecule has 1 aliphatic heterocycles. The molecule has 2 aromatic carbocycles. The normalized spacial score (nSPS) is 18.8. The highest BCUT2D eigenvalue weighted by molar-refractivity contribution is 6.11. The van der Waals surface area contributed by atoms with Gasteiger partial charge in [0.05, 0.1) is 11.0 Å². The summed E-state index contributed by atoms with van der Waals surface area (Å²) in [6.07, 6.45) is 8.55. The van der Waals surface area contributed by atoms with Crippen LogP contribution in [0.4, 0.5) is 0 Å². The van der Waals surface area contributed by atoms with Crippen molar-refractivity contribution in [2.24, 2.45) is 0 Å². The van der Waals surface area contributed by atoms with Gasteiger partial charge in [0.1, 0.15) is 17.1 Å². The van der Waals surface area contributed by atoms with Crippen molar-refractivity contribution in [1.82, 2.24) is 4.98 Å². The summed E-state index contributed by atoms with van der Waals surface area (Å²) in [6.45, 7) is 8.32. The number of aromatic nitrogens is 1. The molecule has 3 heteroatoms. The van der Waals surface area contributed by atoms with E-state index in [9.17, 15) is 5.11 Å². The Morgan fingerprint density at radius 1 is 1.23 bits per heavy atom. The first-order valence-electron chi connectivity index (χ1n) is 9.16. The first-order valence-corrected chi connectivity index (χ1v) is 9.16. The highest BCUT2D eigenvalue weighted by atomic mass is 16.5. The summed E-state index contributed by atoms with van der Waals surface area (Å²) in [7, 11) is 0. The molecular formula is C23H25NO2. The summed E-state index contributed by atoms with van der Waals surface area (Å²) >= 11 is 0. The van der Waals surface area contributed by atoms with Crippen LogP contribution in [0.3, 0.4) is 0 Å². The van der Waals surface area contributed by atoms with Crippen LogP contribution in [0.1, 0.15) is 44.7 Å². The SMILES string of the molecule is CC(C)=CCC[C@@]1(C)C=Cc2c(ccc3c2[nH]c2cc(O)c(C)cc23)O1. The molecule has 0 spiro atoms. The van der Waals surface area contributed by atoms with Crippen molar-refractivity contribution in [3.63, 3.8) is 0 Å². The third kappa shape index (κ3) is 2.78. The molecule has 0 saturated heterocycles. The predicted octanol–water partition coefficient (Wildman–Crippen LogP) is 6.25. The Morgan fingerprint density at radius 3 is 2.81 bits per heavy atom. The van der Waals surface area contributed by atoms with Gasteiger partial charge in [-0.3, -0.25) is 0 Å². The summed E-state index contributed by atoms with van der Waals surface area (Å²) in [4.78, 5) is 3.46. The van der Waals surface area contributed by atoms with E-state index in [2.05, 4.69) is 56.1 Å². The van der Waals surface area contributed by atoms with E-state index in [1.807, 2.05) is 13.0 Å². The molecule has 1 aliphatic rings. The summed E-state index contributed by atoms with van der Waals surface area (Å²) in [5, 5.41) is 12.3. The number of phenols is 1. The maximum Gasteiger partial charge on any atom is 0.129 e. The smallest absolute Gasteiger partial charge is 0.129 e. The highest BCUT2D eigenvalue weighted by Crippen LogP contribution is 2.40. The number of phenolic OH excluding ortho intramolecular Hbond substituents is 1. The molecule has 0 bridgehead atoms. The second-order valence-electron chi connectivity index (χ2n) is 7.78. The maximum atomic E-state index is 10.0. The number of hydrogen-bond donors (Lipinski definition) is 2. The molecule has 4 rings (SSSR count). The van der Waals surface area contributed by atoms with Crippen molar-refractivity contribution in [2.45, 2.75) is 46.1 Å². The van der Waals surface area contributed by atoms with E-state index in [0.717, 1.165) is 51.5 Å². The van der Waals surface area contributed by atoms with Gasteiger partial charge in [-0.25, -0.2) is 0 Å². The zero-order valence-electron chi connectivity index (χ0n) is 15.8. The fourth-order valence-electron chi connectivity index (χ4n) is 3.70. The van der Waals surface area contributed by atoms with Gasteiger partial charge in [0.25, 0.3) is 0 Å². The molecule has 2 heterocycles. The molecule has 0 amide bonds. The molecule has 0 saturated carbocycles. The molecule has 134 valence electrons. The minimum atomic E-state index is -0.284. The van der Waals surface area contributed by atoms with Gasteiger partial charge >= 0.3 is 0 Å². The molecule has 26 heavy (non-hydrogen) atoms. The quantitative estimate of drug-likeness (QED) is 0.550. The van der Waals surface area contributed by atoms with Gasteiger partial charge < -0.3 is 14.8 Å². The average molecular weight is 347 g/mol. The Labute approximate surface area is 154 Å². The topological polar surface area (TPSA) is 45.2 Å². The standard InChI is InChI=1S/C23H25NO2/c1-14(2)6-5-10-23(4)11-9-17-21(26-23)8-7-16-18-12-15(3)20(25)13-19(18)24-22(16)17/h6-9,11-13,24-25H,5,10H2,1-4H3/t23-/m0/s1. The number of nitrogens with one attached hydrogen (secondary N) is 1. The van der Waals surface area contributed by atoms with Crippen LogP contribution in [0, 0.1) is 6.92 Å². The van der Waals surface area contributed by atoms with E-state index in [-0.39, 0.29) is 5.60 Å². The lowest BCUT2D eigenvalue weighted by atomic mass is 9.94. The minimum Gasteiger partial charge on any atom is -0.508 e. The molecular weight excluding hydrogens is 322 g/mol. The number of aryl methyl sites for hydroxylation is 1. The average Bonchev–Trinajstić information content (AvgIpc) is 2.92. The second-order valence-corrected chi connectivity index (χ2v) is 7.78. The number of aromatic hydroxyl groups is 1. The number of H-pyrrole nitrogens is 1. The molecule has 1 aromatic heterocycles. The molecule has 0 aliphatic carbocycles. The molecule has 2 N–H and O–H groups in total. The molecule has 0 fully saturated rings. The lowest BCUT2D eigenvalue weighted by molar-refractivity contribution is 0.129. The third-order valence-electron chi connectivity index (χ3n) is 5.23. The highest BCUT2D eigenvalue weighted by Gasteiger charge is 2.28. The summed E-state index contributed by atoms with van der Waals surface area (Å²) < 4.78 is 6.37. The molecule has 3 aromatic rings. The van der Waals surface area contributed by atoms with Crippen LogP contribution >= 0.6 is 0 Å². The van der Waals surface area contributed by atoms with Gasteiger partial charge in [-0.2, -0.15) is 0 Å². The van der Waals surface area contributed by atoms with Crippen molar-refractivity contribution in [2.75, 3.05) is 0 Å². The molecule has 3 nitrogen and oxygen atoms in total. The van der Waals surface area contributed by atoms with Crippen LogP contribution in [-0.4, -0.2) is 15.7 Å². The Bertz CT molecular complexity index is 1070. The molecule has 0 unspecified atom stereocenters. The van der Waals surface area contributed by atoms with Crippen LogP contribution in [0.25, 0.3) is 27.9 Å². The van der Waals surface area contributed by atoms with Gasteiger partial charge in [0.15, 0.2) is 0 Å². The van der Waals surface area contributed by atoms with Crippen molar-refractivity contribution >= 4 is 27.9 Å². The van der Waals surface area contributed by atoms with E-state index >= 15 is 0 Å². The van der Waals surface area contributed by atoms with Gasteiger partial charge in [0.2, 0.25) is 0 Å². The Hall–Kier alpha value is -2.68. The van der Waals surface area contributed by atoms with E-state index in [0.29, 0.717) is 5.75 Å². The zero-order valence-corrected chi connectivity index (χ0v) is 15.8.